The summed E-state index contributed by atoms with van der Waals surface area (Å²) in [7, 11) is 0. The lowest BCUT2D eigenvalue weighted by atomic mass is 9.97. The molecule has 0 saturated carbocycles. The van der Waals surface area contributed by atoms with Crippen LogP contribution >= 0.6 is 0 Å². The SMILES string of the molecule is C#Cc1ccc2c(c1)C(c1ccccc1)=NCc1c(OC(=O)C(C)(C)C)ncn1-2. The number of nitrogens with zero attached hydrogens (tertiary/aromatic N) is 3. The highest BCUT2D eigenvalue weighted by molar-refractivity contribution is 6.15. The highest BCUT2D eigenvalue weighted by Crippen LogP contribution is 2.31. The minimum absolute atomic E-state index is 0.287. The second kappa shape index (κ2) is 7.06. The van der Waals surface area contributed by atoms with Crippen LogP contribution in [0.1, 0.15) is 43.2 Å². The van der Waals surface area contributed by atoms with Gasteiger partial charge in [0.25, 0.3) is 0 Å². The average molecular weight is 383 g/mol. The smallest absolute Gasteiger partial charge is 0.318 e. The second-order valence-corrected chi connectivity index (χ2v) is 7.91. The van der Waals surface area contributed by atoms with Gasteiger partial charge < -0.3 is 4.74 Å². The van der Waals surface area contributed by atoms with Crippen molar-refractivity contribution in [1.82, 2.24) is 9.55 Å². The molecule has 0 atom stereocenters. The molecule has 144 valence electrons. The highest BCUT2D eigenvalue weighted by atomic mass is 16.5. The first kappa shape index (κ1) is 18.7. The number of hydrogen-bond acceptors (Lipinski definition) is 4. The number of imidazole rings is 1. The third-order valence-electron chi connectivity index (χ3n) is 4.74. The number of rotatable bonds is 2. The van der Waals surface area contributed by atoms with Crippen molar-refractivity contribution < 1.29 is 9.53 Å². The van der Waals surface area contributed by atoms with Gasteiger partial charge in [0.2, 0.25) is 5.88 Å². The van der Waals surface area contributed by atoms with Crippen molar-refractivity contribution in [2.24, 2.45) is 10.4 Å². The summed E-state index contributed by atoms with van der Waals surface area (Å²) < 4.78 is 7.52. The lowest BCUT2D eigenvalue weighted by molar-refractivity contribution is -0.143. The molecule has 5 heteroatoms. The van der Waals surface area contributed by atoms with E-state index in [4.69, 9.17) is 16.2 Å². The first-order valence-corrected chi connectivity index (χ1v) is 9.38. The van der Waals surface area contributed by atoms with Crippen molar-refractivity contribution in [2.45, 2.75) is 27.3 Å². The molecule has 0 radical (unpaired) electrons. The number of aromatic nitrogens is 2. The average Bonchev–Trinajstić information content (AvgIpc) is 3.02. The molecule has 4 rings (SSSR count). The summed E-state index contributed by atoms with van der Waals surface area (Å²) in [6.07, 6.45) is 7.30. The van der Waals surface area contributed by atoms with Crippen LogP contribution in [0.5, 0.6) is 5.88 Å². The maximum absolute atomic E-state index is 12.4. The maximum Gasteiger partial charge on any atom is 0.318 e. The van der Waals surface area contributed by atoms with Crippen LogP contribution in [0.2, 0.25) is 0 Å². The van der Waals surface area contributed by atoms with Crippen molar-refractivity contribution in [3.8, 4) is 23.9 Å². The van der Waals surface area contributed by atoms with Gasteiger partial charge in [-0.25, -0.2) is 4.98 Å². The molecule has 0 spiro atoms. The number of hydrogen-bond donors (Lipinski definition) is 0. The molecule has 0 saturated heterocycles. The Kier molecular flexibility index (Phi) is 4.56. The van der Waals surface area contributed by atoms with Crippen LogP contribution in [-0.4, -0.2) is 21.2 Å². The monoisotopic (exact) mass is 383 g/mol. The fourth-order valence-electron chi connectivity index (χ4n) is 3.14. The van der Waals surface area contributed by atoms with Gasteiger partial charge in [-0.15, -0.1) is 6.42 Å². The van der Waals surface area contributed by atoms with E-state index in [1.54, 1.807) is 6.33 Å². The molecule has 0 unspecified atom stereocenters. The number of carbonyl (C=O) groups excluding carboxylic acids is 1. The van der Waals surface area contributed by atoms with Gasteiger partial charge in [0.15, 0.2) is 0 Å². The molecule has 1 aromatic heterocycles. The number of terminal acetylenes is 1. The van der Waals surface area contributed by atoms with Gasteiger partial charge >= 0.3 is 5.97 Å². The van der Waals surface area contributed by atoms with E-state index < -0.39 is 5.41 Å². The minimum Gasteiger partial charge on any atom is -0.405 e. The normalized spacial score (nSPS) is 12.8. The predicted molar refractivity (Wildman–Crippen MR) is 112 cm³/mol. The molecule has 0 aliphatic carbocycles. The summed E-state index contributed by atoms with van der Waals surface area (Å²) >= 11 is 0. The lowest BCUT2D eigenvalue weighted by Crippen LogP contribution is -2.26. The van der Waals surface area contributed by atoms with Crippen LogP contribution in [0.25, 0.3) is 5.69 Å². The zero-order valence-electron chi connectivity index (χ0n) is 16.6. The van der Waals surface area contributed by atoms with E-state index in [1.807, 2.05) is 73.9 Å². The quantitative estimate of drug-likeness (QED) is 0.493. The van der Waals surface area contributed by atoms with E-state index in [0.717, 1.165) is 33.8 Å². The Balaban J connectivity index is 1.87. The summed E-state index contributed by atoms with van der Waals surface area (Å²) in [6, 6.07) is 15.8. The van der Waals surface area contributed by atoms with Gasteiger partial charge in [-0.3, -0.25) is 14.4 Å². The fraction of sp³-hybridized carbons (Fsp3) is 0.208. The van der Waals surface area contributed by atoms with Gasteiger partial charge in [-0.05, 0) is 39.0 Å². The fourth-order valence-corrected chi connectivity index (χ4v) is 3.14. The molecule has 1 aliphatic rings. The highest BCUT2D eigenvalue weighted by Gasteiger charge is 2.28. The molecule has 2 aromatic carbocycles. The molecule has 0 N–H and O–H groups in total. The Morgan fingerprint density at radius 2 is 1.93 bits per heavy atom. The van der Waals surface area contributed by atoms with Crippen LogP contribution in [0.3, 0.4) is 0 Å². The summed E-state index contributed by atoms with van der Waals surface area (Å²) in [6.45, 7) is 5.77. The summed E-state index contributed by atoms with van der Waals surface area (Å²) in [5.41, 5.74) is 4.52. The van der Waals surface area contributed by atoms with Crippen molar-refractivity contribution >= 4 is 11.7 Å². The zero-order chi connectivity index (χ0) is 20.6. The Morgan fingerprint density at radius 3 is 2.62 bits per heavy atom. The summed E-state index contributed by atoms with van der Waals surface area (Å²) in [4.78, 5) is 21.6. The molecule has 0 fully saturated rings. The topological polar surface area (TPSA) is 56.5 Å². The van der Waals surface area contributed by atoms with Crippen molar-refractivity contribution in [3.05, 3.63) is 77.2 Å². The van der Waals surface area contributed by atoms with E-state index in [1.165, 1.54) is 0 Å². The second-order valence-electron chi connectivity index (χ2n) is 7.91. The van der Waals surface area contributed by atoms with Gasteiger partial charge in [-0.1, -0.05) is 36.3 Å². The standard InChI is InChI=1S/C24H21N3O2/c1-5-16-11-12-19-18(13-16)21(17-9-7-6-8-10-17)25-14-20-22(26-15-27(19)20)29-23(28)24(2,3)4/h1,6-13,15H,14H2,2-4H3. The van der Waals surface area contributed by atoms with E-state index in [-0.39, 0.29) is 11.8 Å². The van der Waals surface area contributed by atoms with E-state index in [9.17, 15) is 4.79 Å². The Bertz CT molecular complexity index is 1160. The zero-order valence-corrected chi connectivity index (χ0v) is 16.6. The number of benzene rings is 2. The van der Waals surface area contributed by atoms with Gasteiger partial charge in [0.05, 0.1) is 23.4 Å². The number of carbonyl (C=O) groups is 1. The van der Waals surface area contributed by atoms with Crippen LogP contribution in [0.4, 0.5) is 0 Å². The first-order chi connectivity index (χ1) is 13.9. The van der Waals surface area contributed by atoms with Gasteiger partial charge in [-0.2, -0.15) is 0 Å². The number of ether oxygens (including phenoxy) is 1. The third kappa shape index (κ3) is 3.45. The lowest BCUT2D eigenvalue weighted by Gasteiger charge is -2.15. The molecule has 5 nitrogen and oxygen atoms in total. The van der Waals surface area contributed by atoms with E-state index in [2.05, 4.69) is 10.9 Å². The van der Waals surface area contributed by atoms with Gasteiger partial charge in [0, 0.05) is 16.7 Å². The number of esters is 1. The van der Waals surface area contributed by atoms with Gasteiger partial charge in [0.1, 0.15) is 12.0 Å². The molecule has 3 aromatic rings. The Labute approximate surface area is 170 Å². The molecule has 29 heavy (non-hydrogen) atoms. The summed E-state index contributed by atoms with van der Waals surface area (Å²) in [5.74, 6) is 2.64. The third-order valence-corrected chi connectivity index (χ3v) is 4.74. The van der Waals surface area contributed by atoms with Crippen molar-refractivity contribution in [2.75, 3.05) is 0 Å². The number of aliphatic imine (C=N–C) groups is 1. The van der Waals surface area contributed by atoms with Crippen LogP contribution < -0.4 is 4.74 Å². The Hall–Kier alpha value is -3.65. The van der Waals surface area contributed by atoms with Crippen LogP contribution in [-0.2, 0) is 11.3 Å². The molecule has 2 heterocycles. The molecule has 0 amide bonds. The predicted octanol–water partition coefficient (Wildman–Crippen LogP) is 4.16. The van der Waals surface area contributed by atoms with Crippen LogP contribution in [0, 0.1) is 17.8 Å². The Morgan fingerprint density at radius 1 is 1.17 bits per heavy atom. The number of fused-ring (bicyclic) bond motifs is 3. The largest absolute Gasteiger partial charge is 0.405 e. The molecule has 1 aliphatic heterocycles. The maximum atomic E-state index is 12.4. The summed E-state index contributed by atoms with van der Waals surface area (Å²) in [5, 5.41) is 0. The van der Waals surface area contributed by atoms with E-state index in [0.29, 0.717) is 6.54 Å². The van der Waals surface area contributed by atoms with Crippen LogP contribution in [0.15, 0.2) is 59.9 Å². The minimum atomic E-state index is -0.626. The van der Waals surface area contributed by atoms with Crippen molar-refractivity contribution in [1.29, 1.82) is 0 Å². The van der Waals surface area contributed by atoms with E-state index >= 15 is 0 Å². The van der Waals surface area contributed by atoms with Crippen molar-refractivity contribution in [3.63, 3.8) is 0 Å². The molecular weight excluding hydrogens is 362 g/mol. The molecule has 0 bridgehead atoms. The first-order valence-electron chi connectivity index (χ1n) is 9.38. The molecular formula is C24H21N3O2.